The number of aryl methyl sites for hydroxylation is 2. The predicted octanol–water partition coefficient (Wildman–Crippen LogP) is 4.69. The maximum atomic E-state index is 13.4. The Labute approximate surface area is 205 Å². The Morgan fingerprint density at radius 2 is 1.86 bits per heavy atom. The Morgan fingerprint density at radius 3 is 2.46 bits per heavy atom. The summed E-state index contributed by atoms with van der Waals surface area (Å²) < 4.78 is 6.91. The molecule has 186 valence electrons. The lowest BCUT2D eigenvalue weighted by atomic mass is 9.79. The molecule has 1 fully saturated rings. The highest BCUT2D eigenvalue weighted by Crippen LogP contribution is 2.31. The first-order valence-electron chi connectivity index (χ1n) is 12.3. The zero-order valence-corrected chi connectivity index (χ0v) is 21.0. The summed E-state index contributed by atoms with van der Waals surface area (Å²) in [5, 5.41) is 14.2. The van der Waals surface area contributed by atoms with Gasteiger partial charge in [0.1, 0.15) is 17.5 Å². The van der Waals surface area contributed by atoms with Crippen molar-refractivity contribution in [3.05, 3.63) is 47.7 Å². The molecular weight excluding hydrogens is 444 g/mol. The highest BCUT2D eigenvalue weighted by molar-refractivity contribution is 6.00. The maximum absolute atomic E-state index is 13.4. The van der Waals surface area contributed by atoms with Crippen LogP contribution in [0.5, 0.6) is 0 Å². The van der Waals surface area contributed by atoms with E-state index in [4.69, 9.17) is 4.52 Å². The summed E-state index contributed by atoms with van der Waals surface area (Å²) in [6.07, 6.45) is 7.11. The van der Waals surface area contributed by atoms with Crippen LogP contribution >= 0.6 is 0 Å². The average molecular weight is 479 g/mol. The van der Waals surface area contributed by atoms with Crippen molar-refractivity contribution in [2.24, 2.45) is 11.8 Å². The van der Waals surface area contributed by atoms with Crippen molar-refractivity contribution < 1.29 is 14.1 Å². The number of hydrogen-bond donors (Lipinski definition) is 2. The standard InChI is InChI=1S/C26H34N6O3/c1-15(2)32-22(12-13-28-32)25(33)30-24(19-8-6-16(3)7-9-19)26(34)29-20-10-11-21(27-14-20)23-17(4)31-35-18(23)5/h10-16,19,24H,6-9H2,1-5H3,(H,29,34)(H,30,33). The summed E-state index contributed by atoms with van der Waals surface area (Å²) in [5.41, 5.74) is 3.37. The molecular formula is C26H34N6O3. The first-order valence-corrected chi connectivity index (χ1v) is 12.3. The number of nitrogens with one attached hydrogen (secondary N) is 2. The molecule has 0 radical (unpaired) electrons. The molecule has 3 aromatic rings. The second kappa shape index (κ2) is 10.4. The molecule has 9 nitrogen and oxygen atoms in total. The normalized spacial score (nSPS) is 18.9. The summed E-state index contributed by atoms with van der Waals surface area (Å²) in [6.45, 7) is 9.88. The quantitative estimate of drug-likeness (QED) is 0.509. The number of anilines is 1. The lowest BCUT2D eigenvalue weighted by Gasteiger charge is -2.32. The van der Waals surface area contributed by atoms with E-state index in [9.17, 15) is 9.59 Å². The van der Waals surface area contributed by atoms with Crippen molar-refractivity contribution in [2.75, 3.05) is 5.32 Å². The molecule has 2 N–H and O–H groups in total. The van der Waals surface area contributed by atoms with Gasteiger partial charge in [-0.25, -0.2) is 0 Å². The van der Waals surface area contributed by atoms with E-state index < -0.39 is 6.04 Å². The van der Waals surface area contributed by atoms with Crippen molar-refractivity contribution in [2.45, 2.75) is 72.4 Å². The molecule has 3 aromatic heterocycles. The Balaban J connectivity index is 1.52. The van der Waals surface area contributed by atoms with Crippen molar-refractivity contribution in [3.63, 3.8) is 0 Å². The van der Waals surface area contributed by atoms with Gasteiger partial charge in [0.05, 0.1) is 28.8 Å². The van der Waals surface area contributed by atoms with Crippen molar-refractivity contribution in [1.29, 1.82) is 0 Å². The van der Waals surface area contributed by atoms with Crippen LogP contribution in [0.25, 0.3) is 11.3 Å². The number of amides is 2. The third-order valence-corrected chi connectivity index (χ3v) is 6.81. The van der Waals surface area contributed by atoms with E-state index in [0.717, 1.165) is 42.6 Å². The lowest BCUT2D eigenvalue weighted by molar-refractivity contribution is -0.119. The van der Waals surface area contributed by atoms with E-state index in [-0.39, 0.29) is 23.8 Å². The van der Waals surface area contributed by atoms with Crippen molar-refractivity contribution in [1.82, 2.24) is 25.2 Å². The van der Waals surface area contributed by atoms with Crippen LogP contribution in [0.15, 0.2) is 35.1 Å². The van der Waals surface area contributed by atoms with Crippen LogP contribution in [0.3, 0.4) is 0 Å². The van der Waals surface area contributed by atoms with Gasteiger partial charge in [-0.1, -0.05) is 24.9 Å². The van der Waals surface area contributed by atoms with E-state index >= 15 is 0 Å². The molecule has 1 saturated carbocycles. The molecule has 3 heterocycles. The number of nitrogens with zero attached hydrogens (tertiary/aromatic N) is 4. The van der Waals surface area contributed by atoms with Crippen LogP contribution in [0.1, 0.15) is 74.4 Å². The zero-order valence-electron chi connectivity index (χ0n) is 21.0. The molecule has 1 aliphatic carbocycles. The largest absolute Gasteiger partial charge is 0.361 e. The Hall–Kier alpha value is -3.49. The van der Waals surface area contributed by atoms with Gasteiger partial charge in [0.25, 0.3) is 5.91 Å². The first-order chi connectivity index (χ1) is 16.7. The van der Waals surface area contributed by atoms with Crippen molar-refractivity contribution in [3.8, 4) is 11.3 Å². The summed E-state index contributed by atoms with van der Waals surface area (Å²) in [6, 6.07) is 4.72. The summed E-state index contributed by atoms with van der Waals surface area (Å²) in [5.74, 6) is 0.873. The van der Waals surface area contributed by atoms with Crippen LogP contribution in [0.4, 0.5) is 5.69 Å². The molecule has 9 heteroatoms. The summed E-state index contributed by atoms with van der Waals surface area (Å²) in [7, 11) is 0. The number of aromatic nitrogens is 4. The third-order valence-electron chi connectivity index (χ3n) is 6.81. The van der Waals surface area contributed by atoms with Gasteiger partial charge in [0, 0.05) is 12.2 Å². The minimum absolute atomic E-state index is 0.0378. The molecule has 0 spiro atoms. The van der Waals surface area contributed by atoms with E-state index in [1.807, 2.05) is 39.8 Å². The SMILES string of the molecule is Cc1noc(C)c1-c1ccc(NC(=O)C(NC(=O)c2ccnn2C(C)C)C2CCC(C)CC2)cn1. The fourth-order valence-electron chi connectivity index (χ4n) is 4.82. The number of pyridine rings is 1. The molecule has 1 atom stereocenters. The average Bonchev–Trinajstić information content (AvgIpc) is 3.45. The van der Waals surface area contributed by atoms with Crippen LogP contribution in [0, 0.1) is 25.7 Å². The van der Waals surface area contributed by atoms with E-state index in [1.165, 1.54) is 0 Å². The second-order valence-corrected chi connectivity index (χ2v) is 9.85. The minimum atomic E-state index is -0.646. The first kappa shape index (κ1) is 24.6. The molecule has 0 aromatic carbocycles. The molecule has 4 rings (SSSR count). The Kier molecular flexibility index (Phi) is 7.33. The molecule has 1 aliphatic rings. The fraction of sp³-hybridized carbons (Fsp3) is 0.500. The molecule has 0 bridgehead atoms. The van der Waals surface area contributed by atoms with Crippen LogP contribution in [0.2, 0.25) is 0 Å². The topological polar surface area (TPSA) is 115 Å². The number of carbonyl (C=O) groups is 2. The van der Waals surface area contributed by atoms with E-state index in [0.29, 0.717) is 23.1 Å². The zero-order chi connectivity index (χ0) is 25.1. The van der Waals surface area contributed by atoms with Gasteiger partial charge < -0.3 is 15.2 Å². The monoisotopic (exact) mass is 478 g/mol. The second-order valence-electron chi connectivity index (χ2n) is 9.85. The Bertz CT molecular complexity index is 1150. The number of rotatable bonds is 7. The van der Waals surface area contributed by atoms with E-state index in [1.54, 1.807) is 23.1 Å². The molecule has 2 amide bonds. The number of hydrogen-bond acceptors (Lipinski definition) is 6. The Morgan fingerprint density at radius 1 is 1.11 bits per heavy atom. The summed E-state index contributed by atoms with van der Waals surface area (Å²) in [4.78, 5) is 31.1. The fourth-order valence-corrected chi connectivity index (χ4v) is 4.82. The molecule has 0 aliphatic heterocycles. The van der Waals surface area contributed by atoms with Gasteiger partial charge in [-0.15, -0.1) is 0 Å². The molecule has 0 saturated heterocycles. The minimum Gasteiger partial charge on any atom is -0.361 e. The lowest BCUT2D eigenvalue weighted by Crippen LogP contribution is -2.49. The van der Waals surface area contributed by atoms with Crippen molar-refractivity contribution >= 4 is 17.5 Å². The van der Waals surface area contributed by atoms with Gasteiger partial charge in [0.2, 0.25) is 5.91 Å². The van der Waals surface area contributed by atoms with Crippen LogP contribution < -0.4 is 10.6 Å². The van der Waals surface area contributed by atoms with Crippen LogP contribution in [-0.4, -0.2) is 37.8 Å². The van der Waals surface area contributed by atoms with Gasteiger partial charge in [-0.2, -0.15) is 5.10 Å². The van der Waals surface area contributed by atoms with Gasteiger partial charge in [0.15, 0.2) is 0 Å². The molecule has 35 heavy (non-hydrogen) atoms. The number of carbonyl (C=O) groups excluding carboxylic acids is 2. The highest BCUT2D eigenvalue weighted by atomic mass is 16.5. The smallest absolute Gasteiger partial charge is 0.270 e. The maximum Gasteiger partial charge on any atom is 0.270 e. The van der Waals surface area contributed by atoms with Crippen LogP contribution in [-0.2, 0) is 4.79 Å². The van der Waals surface area contributed by atoms with Gasteiger partial charge >= 0.3 is 0 Å². The van der Waals surface area contributed by atoms with Gasteiger partial charge in [-0.3, -0.25) is 19.3 Å². The molecule has 1 unspecified atom stereocenters. The third kappa shape index (κ3) is 5.44. The highest BCUT2D eigenvalue weighted by Gasteiger charge is 2.33. The summed E-state index contributed by atoms with van der Waals surface area (Å²) >= 11 is 0. The predicted molar refractivity (Wildman–Crippen MR) is 133 cm³/mol. The van der Waals surface area contributed by atoms with Gasteiger partial charge in [-0.05, 0) is 70.6 Å². The van der Waals surface area contributed by atoms with E-state index in [2.05, 4.69) is 32.8 Å².